The molecule has 0 aliphatic heterocycles. The maximum atomic E-state index is 4.63. The van der Waals surface area contributed by atoms with E-state index in [0.29, 0.717) is 5.95 Å². The molecular weight excluding hydrogens is 384 g/mol. The molecule has 8 heteroatoms. The van der Waals surface area contributed by atoms with E-state index in [1.54, 1.807) is 0 Å². The topological polar surface area (TPSA) is 57.2 Å². The molecule has 23 heavy (non-hydrogen) atoms. The molecule has 6 nitrogen and oxygen atoms in total. The summed E-state index contributed by atoms with van der Waals surface area (Å²) in [5, 5.41) is 3.28. The van der Waals surface area contributed by atoms with Crippen LogP contribution in [0.15, 0.2) is 0 Å². The Bertz CT molecular complexity index is 453. The predicted molar refractivity (Wildman–Crippen MR) is 101 cm³/mol. The number of aromatic nitrogens is 3. The summed E-state index contributed by atoms with van der Waals surface area (Å²) < 4.78 is 0. The smallest absolute Gasteiger partial charge is 0.232 e. The van der Waals surface area contributed by atoms with Crippen molar-refractivity contribution in [3.63, 3.8) is 0 Å². The van der Waals surface area contributed by atoms with Crippen molar-refractivity contribution in [1.82, 2.24) is 15.0 Å². The number of nitrogens with one attached hydrogen (secondary N) is 1. The minimum Gasteiger partial charge on any atom is -0.344 e. The summed E-state index contributed by atoms with van der Waals surface area (Å²) in [6, 6.07) is 0. The molecule has 0 aliphatic rings. The van der Waals surface area contributed by atoms with Crippen LogP contribution in [-0.4, -0.2) is 55.1 Å². The van der Waals surface area contributed by atoms with Crippen molar-refractivity contribution in [2.75, 3.05) is 48.7 Å². The van der Waals surface area contributed by atoms with Crippen LogP contribution in [0.2, 0.25) is 0 Å². The number of hydrogen-bond acceptors (Lipinski definition) is 6. The average molecular weight is 415 g/mol. The van der Waals surface area contributed by atoms with E-state index in [1.807, 2.05) is 14.1 Å². The van der Waals surface area contributed by atoms with Crippen molar-refractivity contribution < 1.29 is 32.7 Å². The largest absolute Gasteiger partial charge is 0.344 e. The molecule has 1 atom stereocenters. The zero-order valence-corrected chi connectivity index (χ0v) is 19.1. The van der Waals surface area contributed by atoms with E-state index in [0.717, 1.165) is 50.7 Å². The third-order valence-corrected chi connectivity index (χ3v) is 3.96. The normalized spacial score (nSPS) is 11.5. The summed E-state index contributed by atoms with van der Waals surface area (Å²) in [4.78, 5) is 17.9. The molecule has 1 unspecified atom stereocenters. The van der Waals surface area contributed by atoms with Gasteiger partial charge in [-0.1, -0.05) is 33.0 Å². The number of anilines is 3. The van der Waals surface area contributed by atoms with E-state index in [1.165, 1.54) is 0 Å². The van der Waals surface area contributed by atoms with Crippen LogP contribution in [0.1, 0.15) is 39.5 Å². The summed E-state index contributed by atoms with van der Waals surface area (Å²) in [5.41, 5.74) is 0. The third-order valence-electron chi connectivity index (χ3n) is 3.31. The van der Waals surface area contributed by atoms with Crippen molar-refractivity contribution >= 4 is 31.8 Å². The first-order chi connectivity index (χ1) is 10.5. The van der Waals surface area contributed by atoms with Crippen LogP contribution in [-0.2, 0) is 32.7 Å². The molecule has 0 aliphatic carbocycles. The average Bonchev–Trinajstić information content (AvgIpc) is 2.49. The number of unbranched alkanes of at least 4 members (excludes halogenated alkanes) is 2. The summed E-state index contributed by atoms with van der Waals surface area (Å²) in [5.74, 6) is 2.10. The van der Waals surface area contributed by atoms with Gasteiger partial charge in [0.15, 0.2) is 0 Å². The van der Waals surface area contributed by atoms with Crippen molar-refractivity contribution in [2.45, 2.75) is 39.5 Å². The Morgan fingerprint density at radius 1 is 0.957 bits per heavy atom. The molecule has 1 radical (unpaired) electrons. The molecule has 1 aromatic heterocycles. The van der Waals surface area contributed by atoms with Crippen LogP contribution in [0.3, 0.4) is 0 Å². The van der Waals surface area contributed by atoms with Gasteiger partial charge in [-0.3, -0.25) is 0 Å². The van der Waals surface area contributed by atoms with Crippen LogP contribution >= 0.6 is 7.70 Å². The minimum absolute atomic E-state index is 0. The Morgan fingerprint density at radius 3 is 1.74 bits per heavy atom. The maximum Gasteiger partial charge on any atom is 0.232 e. The quantitative estimate of drug-likeness (QED) is 0.593. The second-order valence-corrected chi connectivity index (χ2v) is 7.53. The SMILES string of the molecule is C=[PH](C)Nc1nc(N(C)CCCC)nc(N(C)CCCC)n1.[Y]. The van der Waals surface area contributed by atoms with Gasteiger partial charge < -0.3 is 14.9 Å². The molecule has 0 fully saturated rings. The van der Waals surface area contributed by atoms with Gasteiger partial charge in [0.25, 0.3) is 0 Å². The first-order valence-electron chi connectivity index (χ1n) is 8.08. The van der Waals surface area contributed by atoms with Crippen LogP contribution in [0, 0.1) is 0 Å². The van der Waals surface area contributed by atoms with Gasteiger partial charge in [0, 0.05) is 59.9 Å². The fourth-order valence-corrected chi connectivity index (χ4v) is 2.43. The van der Waals surface area contributed by atoms with Gasteiger partial charge in [-0.2, -0.15) is 15.0 Å². The Hall–Kier alpha value is -0.186. The fourth-order valence-electron chi connectivity index (χ4n) is 1.93. The van der Waals surface area contributed by atoms with E-state index in [4.69, 9.17) is 0 Å². The zero-order valence-electron chi connectivity index (χ0n) is 15.3. The van der Waals surface area contributed by atoms with E-state index < -0.39 is 7.70 Å². The summed E-state index contributed by atoms with van der Waals surface area (Å²) in [6.07, 6.45) is 8.62. The Balaban J connectivity index is 0.00000484. The van der Waals surface area contributed by atoms with Gasteiger partial charge in [0.2, 0.25) is 17.8 Å². The van der Waals surface area contributed by atoms with E-state index in [9.17, 15) is 0 Å². The molecule has 0 bridgehead atoms. The molecule has 1 N–H and O–H groups in total. The second-order valence-electron chi connectivity index (χ2n) is 5.71. The second kappa shape index (κ2) is 12.2. The molecule has 0 spiro atoms. The molecule has 0 amide bonds. The van der Waals surface area contributed by atoms with E-state index in [2.05, 4.69) is 56.7 Å². The minimum atomic E-state index is -0.894. The molecule has 0 saturated heterocycles. The maximum absolute atomic E-state index is 4.63. The number of nitrogens with zero attached hydrogens (tertiary/aromatic N) is 5. The van der Waals surface area contributed by atoms with Gasteiger partial charge in [0.1, 0.15) is 0 Å². The van der Waals surface area contributed by atoms with Gasteiger partial charge in [-0.25, -0.2) is 0 Å². The first-order valence-corrected chi connectivity index (χ1v) is 10.3. The summed E-state index contributed by atoms with van der Waals surface area (Å²) >= 11 is 0. The standard InChI is InChI=1S/C15H31N6P.Y/c1-7-9-11-20(3)14-16-13(19-22(5)6)17-15(18-14)21(4)12-10-8-2;/h22H,5,7-12H2,1-4,6H3,(H,16,17,18,19);. The monoisotopic (exact) mass is 415 g/mol. The Morgan fingerprint density at radius 2 is 1.39 bits per heavy atom. The molecule has 129 valence electrons. The van der Waals surface area contributed by atoms with E-state index >= 15 is 0 Å². The van der Waals surface area contributed by atoms with Crippen LogP contribution < -0.4 is 14.9 Å². The first kappa shape index (κ1) is 22.8. The number of rotatable bonds is 10. The van der Waals surface area contributed by atoms with Gasteiger partial charge in [0.05, 0.1) is 0 Å². The van der Waals surface area contributed by atoms with Gasteiger partial charge in [-0.15, -0.1) is 0 Å². The third kappa shape index (κ3) is 8.46. The van der Waals surface area contributed by atoms with Crippen molar-refractivity contribution in [3.8, 4) is 0 Å². The van der Waals surface area contributed by atoms with Crippen molar-refractivity contribution in [2.24, 2.45) is 0 Å². The van der Waals surface area contributed by atoms with Crippen LogP contribution in [0.4, 0.5) is 17.8 Å². The van der Waals surface area contributed by atoms with Crippen molar-refractivity contribution in [3.05, 3.63) is 0 Å². The molecule has 0 aromatic carbocycles. The Labute approximate surface area is 167 Å². The predicted octanol–water partition coefficient (Wildman–Crippen LogP) is 2.94. The van der Waals surface area contributed by atoms with E-state index in [-0.39, 0.29) is 32.7 Å². The van der Waals surface area contributed by atoms with Crippen LogP contribution in [0.5, 0.6) is 0 Å². The Kier molecular flexibility index (Phi) is 12.1. The molecule has 1 heterocycles. The van der Waals surface area contributed by atoms with Gasteiger partial charge in [-0.05, 0) is 27.2 Å². The molecular formula is C15H31N6PY. The van der Waals surface area contributed by atoms with Gasteiger partial charge >= 0.3 is 0 Å². The molecule has 1 aromatic rings. The van der Waals surface area contributed by atoms with Crippen molar-refractivity contribution in [1.29, 1.82) is 0 Å². The number of hydrogen-bond donors (Lipinski definition) is 1. The molecule has 0 saturated carbocycles. The molecule has 1 rings (SSSR count). The summed E-state index contributed by atoms with van der Waals surface area (Å²) in [6.45, 7) is 8.35. The van der Waals surface area contributed by atoms with Crippen LogP contribution in [0.25, 0.3) is 0 Å². The zero-order chi connectivity index (χ0) is 16.5. The fraction of sp³-hybridized carbons (Fsp3) is 0.733. The summed E-state index contributed by atoms with van der Waals surface area (Å²) in [7, 11) is 3.18.